The maximum atomic E-state index is 12.1. The van der Waals surface area contributed by atoms with Gasteiger partial charge in [-0.15, -0.1) is 0 Å². The summed E-state index contributed by atoms with van der Waals surface area (Å²) in [5, 5.41) is 5.50. The van der Waals surface area contributed by atoms with Gasteiger partial charge in [-0.1, -0.05) is 0 Å². The Labute approximate surface area is 92.5 Å². The van der Waals surface area contributed by atoms with E-state index in [1.54, 1.807) is 13.1 Å². The molecule has 88 valence electrons. The Bertz CT molecular complexity index is 366. The summed E-state index contributed by atoms with van der Waals surface area (Å²) < 4.78 is 24.1. The molecule has 0 radical (unpaired) electrons. The van der Waals surface area contributed by atoms with E-state index in [0.717, 1.165) is 18.7 Å². The van der Waals surface area contributed by atoms with Crippen LogP contribution in [0, 0.1) is 0 Å². The second kappa shape index (κ2) is 4.59. The molecule has 0 aromatic carbocycles. The van der Waals surface area contributed by atoms with Crippen molar-refractivity contribution in [3.63, 3.8) is 0 Å². The van der Waals surface area contributed by atoms with Crippen LogP contribution in [0.25, 0.3) is 0 Å². The summed E-state index contributed by atoms with van der Waals surface area (Å²) in [6.45, 7) is -0.385. The molecule has 1 aromatic heterocycles. The molecule has 1 saturated carbocycles. The van der Waals surface area contributed by atoms with E-state index in [0.29, 0.717) is 17.6 Å². The number of anilines is 2. The SMILES string of the molecule is CNc1cc(NCC(F)F)nc(C2CC2)n1. The molecule has 0 aliphatic heterocycles. The van der Waals surface area contributed by atoms with E-state index < -0.39 is 6.43 Å². The molecule has 0 atom stereocenters. The molecule has 0 unspecified atom stereocenters. The standard InChI is InChI=1S/C10H14F2N4/c1-13-8-4-9(14-5-7(11)12)16-10(15-8)6-2-3-6/h4,6-7H,2-3,5H2,1H3,(H2,13,14,15,16). The third-order valence-electron chi connectivity index (χ3n) is 2.38. The first kappa shape index (κ1) is 11.0. The summed E-state index contributed by atoms with van der Waals surface area (Å²) in [5.74, 6) is 2.26. The number of hydrogen-bond donors (Lipinski definition) is 2. The predicted molar refractivity (Wildman–Crippen MR) is 58.0 cm³/mol. The van der Waals surface area contributed by atoms with Gasteiger partial charge in [0.1, 0.15) is 17.5 Å². The van der Waals surface area contributed by atoms with E-state index in [9.17, 15) is 8.78 Å². The lowest BCUT2D eigenvalue weighted by Gasteiger charge is -2.08. The monoisotopic (exact) mass is 228 g/mol. The van der Waals surface area contributed by atoms with Crippen LogP contribution < -0.4 is 10.6 Å². The number of hydrogen-bond acceptors (Lipinski definition) is 4. The zero-order valence-electron chi connectivity index (χ0n) is 9.00. The van der Waals surface area contributed by atoms with Gasteiger partial charge in [0.15, 0.2) is 0 Å². The molecule has 4 nitrogen and oxygen atoms in total. The van der Waals surface area contributed by atoms with Crippen molar-refractivity contribution in [3.05, 3.63) is 11.9 Å². The summed E-state index contributed by atoms with van der Waals surface area (Å²) in [7, 11) is 1.75. The largest absolute Gasteiger partial charge is 0.373 e. The lowest BCUT2D eigenvalue weighted by Crippen LogP contribution is -2.12. The molecule has 0 saturated heterocycles. The van der Waals surface area contributed by atoms with Crippen molar-refractivity contribution in [2.75, 3.05) is 24.2 Å². The van der Waals surface area contributed by atoms with Gasteiger partial charge in [-0.25, -0.2) is 18.7 Å². The molecular formula is C10H14F2N4. The average Bonchev–Trinajstić information content (AvgIpc) is 3.09. The quantitative estimate of drug-likeness (QED) is 0.810. The van der Waals surface area contributed by atoms with E-state index in [4.69, 9.17) is 0 Å². The fourth-order valence-corrected chi connectivity index (χ4v) is 1.39. The van der Waals surface area contributed by atoms with E-state index in [-0.39, 0.29) is 6.54 Å². The molecule has 0 bridgehead atoms. The van der Waals surface area contributed by atoms with Crippen LogP contribution in [0.4, 0.5) is 20.4 Å². The van der Waals surface area contributed by atoms with Crippen LogP contribution in [0.5, 0.6) is 0 Å². The first-order valence-electron chi connectivity index (χ1n) is 5.28. The minimum absolute atomic E-state index is 0.385. The highest BCUT2D eigenvalue weighted by atomic mass is 19.3. The molecule has 16 heavy (non-hydrogen) atoms. The fraction of sp³-hybridized carbons (Fsp3) is 0.600. The zero-order chi connectivity index (χ0) is 11.5. The van der Waals surface area contributed by atoms with Crippen LogP contribution in [0.3, 0.4) is 0 Å². The molecule has 0 amide bonds. The molecular weight excluding hydrogens is 214 g/mol. The van der Waals surface area contributed by atoms with Gasteiger partial charge in [0.25, 0.3) is 6.43 Å². The molecule has 1 fully saturated rings. The Balaban J connectivity index is 2.12. The van der Waals surface area contributed by atoms with Gasteiger partial charge in [0.05, 0.1) is 6.54 Å². The Kier molecular flexibility index (Phi) is 3.17. The van der Waals surface area contributed by atoms with Gasteiger partial charge in [0.2, 0.25) is 0 Å². The van der Waals surface area contributed by atoms with E-state index in [1.807, 2.05) is 0 Å². The van der Waals surface area contributed by atoms with Gasteiger partial charge >= 0.3 is 0 Å². The van der Waals surface area contributed by atoms with Gasteiger partial charge < -0.3 is 10.6 Å². The molecule has 6 heteroatoms. The van der Waals surface area contributed by atoms with Crippen LogP contribution in [-0.4, -0.2) is 30.0 Å². The minimum atomic E-state index is -2.38. The van der Waals surface area contributed by atoms with Gasteiger partial charge in [-0.05, 0) is 12.8 Å². The van der Waals surface area contributed by atoms with Crippen molar-refractivity contribution in [1.29, 1.82) is 0 Å². The van der Waals surface area contributed by atoms with Crippen molar-refractivity contribution in [3.8, 4) is 0 Å². The van der Waals surface area contributed by atoms with Gasteiger partial charge in [-0.2, -0.15) is 0 Å². The smallest absolute Gasteiger partial charge is 0.255 e. The Morgan fingerprint density at radius 1 is 1.38 bits per heavy atom. The summed E-state index contributed by atoms with van der Waals surface area (Å²) >= 11 is 0. The summed E-state index contributed by atoms with van der Waals surface area (Å²) in [5.41, 5.74) is 0. The average molecular weight is 228 g/mol. The zero-order valence-corrected chi connectivity index (χ0v) is 9.00. The number of rotatable bonds is 5. The molecule has 2 rings (SSSR count). The van der Waals surface area contributed by atoms with E-state index >= 15 is 0 Å². The lowest BCUT2D eigenvalue weighted by molar-refractivity contribution is 0.163. The number of halogens is 2. The Morgan fingerprint density at radius 2 is 2.06 bits per heavy atom. The number of nitrogens with zero attached hydrogens (tertiary/aromatic N) is 2. The molecule has 2 N–H and O–H groups in total. The third kappa shape index (κ3) is 2.77. The maximum absolute atomic E-state index is 12.1. The van der Waals surface area contributed by atoms with E-state index in [1.165, 1.54) is 0 Å². The third-order valence-corrected chi connectivity index (χ3v) is 2.38. The lowest BCUT2D eigenvalue weighted by atomic mass is 10.3. The summed E-state index contributed by atoms with van der Waals surface area (Å²) in [6.07, 6.45) is -0.208. The van der Waals surface area contributed by atoms with Crippen molar-refractivity contribution in [2.45, 2.75) is 25.2 Å². The van der Waals surface area contributed by atoms with Crippen molar-refractivity contribution >= 4 is 11.6 Å². The number of alkyl halides is 2. The first-order chi connectivity index (χ1) is 7.69. The normalized spacial score (nSPS) is 15.2. The van der Waals surface area contributed by atoms with Gasteiger partial charge in [0, 0.05) is 19.0 Å². The van der Waals surface area contributed by atoms with Crippen LogP contribution in [-0.2, 0) is 0 Å². The molecule has 1 heterocycles. The highest BCUT2D eigenvalue weighted by Crippen LogP contribution is 2.38. The van der Waals surface area contributed by atoms with Crippen molar-refractivity contribution in [1.82, 2.24) is 9.97 Å². The summed E-state index contributed by atoms with van der Waals surface area (Å²) in [4.78, 5) is 8.51. The second-order valence-electron chi connectivity index (χ2n) is 3.79. The van der Waals surface area contributed by atoms with Crippen LogP contribution in [0.2, 0.25) is 0 Å². The second-order valence-corrected chi connectivity index (χ2v) is 3.79. The highest BCUT2D eigenvalue weighted by Gasteiger charge is 2.27. The topological polar surface area (TPSA) is 49.8 Å². The highest BCUT2D eigenvalue weighted by molar-refractivity contribution is 5.47. The predicted octanol–water partition coefficient (Wildman–Crippen LogP) is 2.07. The number of nitrogens with one attached hydrogen (secondary N) is 2. The fourth-order valence-electron chi connectivity index (χ4n) is 1.39. The minimum Gasteiger partial charge on any atom is -0.373 e. The molecule has 0 spiro atoms. The first-order valence-corrected chi connectivity index (χ1v) is 5.28. The molecule has 1 aromatic rings. The number of aromatic nitrogens is 2. The van der Waals surface area contributed by atoms with Crippen molar-refractivity contribution < 1.29 is 8.78 Å². The van der Waals surface area contributed by atoms with Crippen LogP contribution in [0.15, 0.2) is 6.07 Å². The Hall–Kier alpha value is -1.46. The van der Waals surface area contributed by atoms with Crippen LogP contribution in [0.1, 0.15) is 24.6 Å². The van der Waals surface area contributed by atoms with Crippen molar-refractivity contribution in [2.24, 2.45) is 0 Å². The van der Waals surface area contributed by atoms with Crippen LogP contribution >= 0.6 is 0 Å². The van der Waals surface area contributed by atoms with Gasteiger partial charge in [-0.3, -0.25) is 0 Å². The molecule has 1 aliphatic rings. The Morgan fingerprint density at radius 3 is 2.62 bits per heavy atom. The van der Waals surface area contributed by atoms with E-state index in [2.05, 4.69) is 20.6 Å². The molecule has 1 aliphatic carbocycles. The maximum Gasteiger partial charge on any atom is 0.255 e. The summed E-state index contributed by atoms with van der Waals surface area (Å²) in [6, 6.07) is 1.63.